The zero-order chi connectivity index (χ0) is 18.6. The number of rotatable bonds is 6. The Morgan fingerprint density at radius 3 is 2.52 bits per heavy atom. The van der Waals surface area contributed by atoms with Crippen LogP contribution in [-0.2, 0) is 23.9 Å². The van der Waals surface area contributed by atoms with Crippen molar-refractivity contribution in [3.05, 3.63) is 53.3 Å². The summed E-state index contributed by atoms with van der Waals surface area (Å²) in [5.41, 5.74) is 0.0939. The van der Waals surface area contributed by atoms with Crippen LogP contribution in [0.25, 0.3) is 0 Å². The van der Waals surface area contributed by atoms with E-state index in [9.17, 15) is 18.0 Å². The third-order valence-corrected chi connectivity index (χ3v) is 3.96. The maximum absolute atomic E-state index is 13.1. The van der Waals surface area contributed by atoms with Gasteiger partial charge in [-0.15, -0.1) is 0 Å². The molecule has 0 aliphatic rings. The molecule has 4 nitrogen and oxygen atoms in total. The van der Waals surface area contributed by atoms with Crippen LogP contribution in [-0.4, -0.2) is 27.1 Å². The molecule has 0 bridgehead atoms. The molecule has 1 aromatic carbocycles. The van der Waals surface area contributed by atoms with Crippen LogP contribution < -0.4 is 0 Å². The molecule has 2 rings (SSSR count). The average Bonchev–Trinajstić information content (AvgIpc) is 3.01. The number of alkyl halides is 3. The van der Waals surface area contributed by atoms with Gasteiger partial charge in [-0.25, -0.2) is 0 Å². The van der Waals surface area contributed by atoms with Gasteiger partial charge < -0.3 is 4.90 Å². The molecule has 0 spiro atoms. The molecule has 1 amide bonds. The zero-order valence-electron chi connectivity index (χ0n) is 14.5. The Bertz CT molecular complexity index is 722. The molecule has 0 N–H and O–H groups in total. The fraction of sp³-hybridized carbons (Fsp3) is 0.444. The highest BCUT2D eigenvalue weighted by Crippen LogP contribution is 2.32. The van der Waals surface area contributed by atoms with Gasteiger partial charge in [-0.2, -0.15) is 18.3 Å². The SMILES string of the molecule is CCN(Cc1cnn(C(C)C)c1)C(=O)Cc1ccccc1C(F)(F)F. The summed E-state index contributed by atoms with van der Waals surface area (Å²) in [5, 5.41) is 4.22. The van der Waals surface area contributed by atoms with E-state index in [2.05, 4.69) is 5.10 Å². The van der Waals surface area contributed by atoms with Crippen LogP contribution in [0.4, 0.5) is 13.2 Å². The average molecular weight is 353 g/mol. The number of nitrogens with zero attached hydrogens (tertiary/aromatic N) is 3. The molecule has 0 fully saturated rings. The lowest BCUT2D eigenvalue weighted by Gasteiger charge is -2.21. The van der Waals surface area contributed by atoms with Gasteiger partial charge in [0.15, 0.2) is 0 Å². The molecule has 0 unspecified atom stereocenters. The van der Waals surface area contributed by atoms with Crippen LogP contribution in [0.1, 0.15) is 43.5 Å². The van der Waals surface area contributed by atoms with Crippen LogP contribution in [0.15, 0.2) is 36.7 Å². The number of amides is 1. The summed E-state index contributed by atoms with van der Waals surface area (Å²) in [6, 6.07) is 5.41. The lowest BCUT2D eigenvalue weighted by atomic mass is 10.0. The molecule has 0 saturated carbocycles. The fourth-order valence-electron chi connectivity index (χ4n) is 2.56. The fourth-order valence-corrected chi connectivity index (χ4v) is 2.56. The van der Waals surface area contributed by atoms with E-state index in [-0.39, 0.29) is 23.9 Å². The van der Waals surface area contributed by atoms with E-state index in [0.717, 1.165) is 11.6 Å². The molecular weight excluding hydrogens is 331 g/mol. The predicted octanol–water partition coefficient (Wildman–Crippen LogP) is 4.07. The molecule has 0 aliphatic carbocycles. The van der Waals surface area contributed by atoms with Gasteiger partial charge in [0, 0.05) is 30.9 Å². The lowest BCUT2D eigenvalue weighted by molar-refractivity contribution is -0.138. The Balaban J connectivity index is 2.13. The molecule has 0 aliphatic heterocycles. The Morgan fingerprint density at radius 2 is 1.96 bits per heavy atom. The van der Waals surface area contributed by atoms with E-state index in [1.54, 1.807) is 17.8 Å². The van der Waals surface area contributed by atoms with Crippen molar-refractivity contribution in [3.63, 3.8) is 0 Å². The van der Waals surface area contributed by atoms with Crippen molar-refractivity contribution in [1.82, 2.24) is 14.7 Å². The summed E-state index contributed by atoms with van der Waals surface area (Å²) in [4.78, 5) is 14.0. The maximum Gasteiger partial charge on any atom is 0.416 e. The Labute approximate surface area is 145 Å². The molecule has 25 heavy (non-hydrogen) atoms. The molecule has 0 radical (unpaired) electrons. The van der Waals surface area contributed by atoms with E-state index in [1.807, 2.05) is 20.0 Å². The topological polar surface area (TPSA) is 38.1 Å². The third kappa shape index (κ3) is 4.84. The van der Waals surface area contributed by atoms with Crippen molar-refractivity contribution < 1.29 is 18.0 Å². The van der Waals surface area contributed by atoms with Crippen molar-refractivity contribution >= 4 is 5.91 Å². The van der Waals surface area contributed by atoms with Crippen LogP contribution in [0.5, 0.6) is 0 Å². The Kier molecular flexibility index (Phi) is 5.87. The van der Waals surface area contributed by atoms with E-state index in [1.165, 1.54) is 23.1 Å². The summed E-state index contributed by atoms with van der Waals surface area (Å²) >= 11 is 0. The van der Waals surface area contributed by atoms with Crippen molar-refractivity contribution in [2.75, 3.05) is 6.54 Å². The van der Waals surface area contributed by atoms with E-state index in [0.29, 0.717) is 13.1 Å². The van der Waals surface area contributed by atoms with Crippen LogP contribution in [0.3, 0.4) is 0 Å². The van der Waals surface area contributed by atoms with E-state index < -0.39 is 11.7 Å². The molecule has 7 heteroatoms. The smallest absolute Gasteiger partial charge is 0.338 e. The Hall–Kier alpha value is -2.31. The van der Waals surface area contributed by atoms with Gasteiger partial charge in [-0.1, -0.05) is 18.2 Å². The number of carbonyl (C=O) groups excluding carboxylic acids is 1. The van der Waals surface area contributed by atoms with Crippen LogP contribution in [0, 0.1) is 0 Å². The summed E-state index contributed by atoms with van der Waals surface area (Å²) < 4.78 is 41.0. The summed E-state index contributed by atoms with van der Waals surface area (Å²) in [5.74, 6) is -0.337. The second-order valence-electron chi connectivity index (χ2n) is 6.16. The second kappa shape index (κ2) is 7.72. The van der Waals surface area contributed by atoms with Crippen molar-refractivity contribution in [2.45, 2.75) is 46.0 Å². The molecule has 136 valence electrons. The van der Waals surface area contributed by atoms with Gasteiger partial charge in [-0.3, -0.25) is 9.48 Å². The monoisotopic (exact) mass is 353 g/mol. The maximum atomic E-state index is 13.1. The number of hydrogen-bond acceptors (Lipinski definition) is 2. The highest BCUT2D eigenvalue weighted by Gasteiger charge is 2.33. The minimum Gasteiger partial charge on any atom is -0.338 e. The first kappa shape index (κ1) is 19.0. The largest absolute Gasteiger partial charge is 0.416 e. The number of likely N-dealkylation sites (N-methyl/N-ethyl adjacent to an activating group) is 1. The quantitative estimate of drug-likeness (QED) is 0.785. The number of aromatic nitrogens is 2. The summed E-state index contributed by atoms with van der Waals surface area (Å²) in [6.07, 6.45) is -1.21. The molecule has 2 aromatic rings. The molecule has 1 aromatic heterocycles. The van der Waals surface area contributed by atoms with Gasteiger partial charge in [0.25, 0.3) is 0 Å². The molecule has 0 saturated heterocycles. The second-order valence-corrected chi connectivity index (χ2v) is 6.16. The molecule has 0 atom stereocenters. The molecule has 1 heterocycles. The van der Waals surface area contributed by atoms with Crippen LogP contribution in [0.2, 0.25) is 0 Å². The normalized spacial score (nSPS) is 11.8. The minimum atomic E-state index is -4.47. The minimum absolute atomic E-state index is 0.00340. The van der Waals surface area contributed by atoms with Crippen molar-refractivity contribution in [3.8, 4) is 0 Å². The Morgan fingerprint density at radius 1 is 1.28 bits per heavy atom. The standard InChI is InChI=1S/C18H22F3N3O/c1-4-23(11-14-10-22-24(12-14)13(2)3)17(25)9-15-7-5-6-8-16(15)18(19,20)21/h5-8,10,12-13H,4,9,11H2,1-3H3. The van der Waals surface area contributed by atoms with Gasteiger partial charge >= 0.3 is 6.18 Å². The van der Waals surface area contributed by atoms with Gasteiger partial charge in [0.05, 0.1) is 18.2 Å². The first-order chi connectivity index (χ1) is 11.7. The summed E-state index contributed by atoms with van der Waals surface area (Å²) in [6.45, 7) is 6.54. The van der Waals surface area contributed by atoms with Crippen molar-refractivity contribution in [2.24, 2.45) is 0 Å². The zero-order valence-corrected chi connectivity index (χ0v) is 14.5. The molecular formula is C18H22F3N3O. The number of carbonyl (C=O) groups is 1. The van der Waals surface area contributed by atoms with Crippen molar-refractivity contribution in [1.29, 1.82) is 0 Å². The van der Waals surface area contributed by atoms with Gasteiger partial charge in [0.2, 0.25) is 5.91 Å². The van der Waals surface area contributed by atoms with E-state index in [4.69, 9.17) is 0 Å². The number of hydrogen-bond donors (Lipinski definition) is 0. The highest BCUT2D eigenvalue weighted by molar-refractivity contribution is 5.79. The summed E-state index contributed by atoms with van der Waals surface area (Å²) in [7, 11) is 0. The first-order valence-electron chi connectivity index (χ1n) is 8.18. The number of halogens is 3. The van der Waals surface area contributed by atoms with E-state index >= 15 is 0 Å². The van der Waals surface area contributed by atoms with Gasteiger partial charge in [-0.05, 0) is 32.4 Å². The first-order valence-corrected chi connectivity index (χ1v) is 8.18. The lowest BCUT2D eigenvalue weighted by Crippen LogP contribution is -2.32. The highest BCUT2D eigenvalue weighted by atomic mass is 19.4. The number of benzene rings is 1. The third-order valence-electron chi connectivity index (χ3n) is 3.96. The predicted molar refractivity (Wildman–Crippen MR) is 88.9 cm³/mol. The van der Waals surface area contributed by atoms with Gasteiger partial charge in [0.1, 0.15) is 0 Å². The van der Waals surface area contributed by atoms with Crippen LogP contribution >= 0.6 is 0 Å².